The largest absolute Gasteiger partial charge is 0.469 e. The average Bonchev–Trinajstić information content (AvgIpc) is 3.22. The minimum atomic E-state index is -1.09. The number of Topliss-reactive ketones (excluding diaryl/α,β-unsaturated/α-hetero) is 2. The minimum Gasteiger partial charge on any atom is -0.469 e. The van der Waals surface area contributed by atoms with Crippen molar-refractivity contribution in [1.82, 2.24) is 4.90 Å². The van der Waals surface area contributed by atoms with Crippen molar-refractivity contribution in [2.45, 2.75) is 123 Å². The molecular weight excluding hydrogens is 498 g/mol. The molecule has 6 atom stereocenters. The summed E-state index contributed by atoms with van der Waals surface area (Å²) < 4.78 is 10.2. The average molecular weight is 548 g/mol. The topological polar surface area (TPSA) is 107 Å². The Morgan fingerprint density at radius 1 is 0.949 bits per heavy atom. The molecule has 3 fully saturated rings. The molecule has 220 valence electrons. The quantitative estimate of drug-likeness (QED) is 0.428. The van der Waals surface area contributed by atoms with E-state index in [2.05, 4.69) is 18.6 Å². The standard InChI is InChI=1S/C31H49NO7/c1-20-14-12-10-8-6-7-9-11-13-15-22(29(39-21(2)33)24(34)16-17-26(36)38-5)18-25(35)28-27-23(31(27,3)4)19-32(28)30(20)37/h20,22-23,27-29H,6-19H2,1-5H3/t20-,22+,23-,27-,28?,29?/m0/s1. The van der Waals surface area contributed by atoms with Crippen LogP contribution in [-0.2, 0) is 33.4 Å². The maximum Gasteiger partial charge on any atom is 0.305 e. The van der Waals surface area contributed by atoms with E-state index in [1.807, 2.05) is 11.8 Å². The van der Waals surface area contributed by atoms with Crippen LogP contribution < -0.4 is 0 Å². The van der Waals surface area contributed by atoms with Crippen molar-refractivity contribution in [3.8, 4) is 0 Å². The Kier molecular flexibility index (Phi) is 11.1. The van der Waals surface area contributed by atoms with Crippen LogP contribution in [0.1, 0.15) is 111 Å². The minimum absolute atomic E-state index is 0.000211. The van der Waals surface area contributed by atoms with Gasteiger partial charge in [0.2, 0.25) is 5.91 Å². The zero-order valence-electron chi connectivity index (χ0n) is 24.7. The number of piperidine rings is 1. The van der Waals surface area contributed by atoms with Gasteiger partial charge in [0.05, 0.1) is 19.6 Å². The second-order valence-electron chi connectivity index (χ2n) is 12.7. The molecule has 8 nitrogen and oxygen atoms in total. The fraction of sp³-hybridized carbons (Fsp3) is 0.839. The molecule has 2 heterocycles. The molecule has 3 aliphatic rings. The Morgan fingerprint density at radius 3 is 2.13 bits per heavy atom. The van der Waals surface area contributed by atoms with Crippen molar-refractivity contribution in [3.05, 3.63) is 0 Å². The summed E-state index contributed by atoms with van der Waals surface area (Å²) in [4.78, 5) is 66.4. The molecule has 1 aliphatic carbocycles. The third-order valence-corrected chi connectivity index (χ3v) is 9.51. The highest BCUT2D eigenvalue weighted by Gasteiger charge is 2.69. The van der Waals surface area contributed by atoms with Gasteiger partial charge in [-0.2, -0.15) is 0 Å². The molecule has 0 N–H and O–H groups in total. The summed E-state index contributed by atoms with van der Waals surface area (Å²) in [5.41, 5.74) is 0.000211. The van der Waals surface area contributed by atoms with Gasteiger partial charge in [0.1, 0.15) is 0 Å². The van der Waals surface area contributed by atoms with Crippen LogP contribution in [0.4, 0.5) is 0 Å². The van der Waals surface area contributed by atoms with E-state index in [1.165, 1.54) is 20.5 Å². The van der Waals surface area contributed by atoms with E-state index >= 15 is 0 Å². The smallest absolute Gasteiger partial charge is 0.305 e. The number of ketones is 2. The van der Waals surface area contributed by atoms with Gasteiger partial charge in [-0.05, 0) is 30.1 Å². The monoisotopic (exact) mass is 547 g/mol. The van der Waals surface area contributed by atoms with Crippen LogP contribution in [0.15, 0.2) is 0 Å². The maximum atomic E-state index is 14.0. The fourth-order valence-electron chi connectivity index (χ4n) is 7.02. The summed E-state index contributed by atoms with van der Waals surface area (Å²) in [5, 5.41) is 0. The first-order valence-electron chi connectivity index (χ1n) is 15.1. The molecule has 2 aliphatic heterocycles. The molecule has 1 saturated carbocycles. The lowest BCUT2D eigenvalue weighted by Gasteiger charge is -2.33. The van der Waals surface area contributed by atoms with Gasteiger partial charge in [-0.1, -0.05) is 72.1 Å². The summed E-state index contributed by atoms with van der Waals surface area (Å²) >= 11 is 0. The molecule has 0 aromatic carbocycles. The van der Waals surface area contributed by atoms with Crippen LogP contribution in [0.2, 0.25) is 0 Å². The van der Waals surface area contributed by atoms with Crippen molar-refractivity contribution in [1.29, 1.82) is 0 Å². The van der Waals surface area contributed by atoms with Gasteiger partial charge in [-0.3, -0.25) is 24.0 Å². The van der Waals surface area contributed by atoms with Crippen LogP contribution in [-0.4, -0.2) is 60.1 Å². The van der Waals surface area contributed by atoms with E-state index in [0.29, 0.717) is 18.9 Å². The number of carbonyl (C=O) groups excluding carboxylic acids is 5. The predicted octanol–water partition coefficient (Wildman–Crippen LogP) is 5.05. The van der Waals surface area contributed by atoms with Crippen LogP contribution in [0.5, 0.6) is 0 Å². The zero-order valence-corrected chi connectivity index (χ0v) is 24.7. The number of amides is 1. The van der Waals surface area contributed by atoms with Gasteiger partial charge < -0.3 is 14.4 Å². The molecule has 2 unspecified atom stereocenters. The molecule has 8 heteroatoms. The van der Waals surface area contributed by atoms with Gasteiger partial charge >= 0.3 is 11.9 Å². The number of fused-ring (bicyclic) bond motifs is 3. The Bertz CT molecular complexity index is 913. The second-order valence-corrected chi connectivity index (χ2v) is 12.7. The van der Waals surface area contributed by atoms with Crippen molar-refractivity contribution in [3.63, 3.8) is 0 Å². The van der Waals surface area contributed by atoms with Crippen molar-refractivity contribution in [2.75, 3.05) is 13.7 Å². The number of rotatable bonds is 6. The second kappa shape index (κ2) is 13.9. The number of methoxy groups -OCH3 is 1. The number of ether oxygens (including phenoxy) is 2. The van der Waals surface area contributed by atoms with Crippen molar-refractivity contribution in [2.24, 2.45) is 29.1 Å². The first-order valence-corrected chi connectivity index (χ1v) is 15.1. The van der Waals surface area contributed by atoms with E-state index in [9.17, 15) is 24.0 Å². The number of nitrogens with zero attached hydrogens (tertiary/aromatic N) is 1. The summed E-state index contributed by atoms with van der Waals surface area (Å²) in [5.74, 6) is -1.63. The summed E-state index contributed by atoms with van der Waals surface area (Å²) in [6.07, 6.45) is 8.67. The van der Waals surface area contributed by atoms with Crippen LogP contribution in [0, 0.1) is 29.1 Å². The van der Waals surface area contributed by atoms with E-state index in [-0.39, 0.29) is 54.0 Å². The van der Waals surface area contributed by atoms with E-state index < -0.39 is 30.0 Å². The first-order chi connectivity index (χ1) is 18.5. The SMILES string of the molecule is COC(=O)CCC(=O)C(OC(C)=O)[C@@H]1CCCCCCCCCC[C@H](C)C(=O)N2C[C@H]3[C@@H](C2C(=O)C1)C3(C)C. The van der Waals surface area contributed by atoms with E-state index in [1.54, 1.807) is 0 Å². The highest BCUT2D eigenvalue weighted by atomic mass is 16.5. The Balaban J connectivity index is 1.86. The third-order valence-electron chi connectivity index (χ3n) is 9.51. The van der Waals surface area contributed by atoms with Crippen molar-refractivity contribution < 1.29 is 33.4 Å². The third kappa shape index (κ3) is 7.91. The first kappa shape index (κ1) is 31.3. The lowest BCUT2D eigenvalue weighted by atomic mass is 9.84. The molecule has 0 aromatic heterocycles. The van der Waals surface area contributed by atoms with Gasteiger partial charge in [0.25, 0.3) is 0 Å². The van der Waals surface area contributed by atoms with Gasteiger partial charge in [-0.15, -0.1) is 0 Å². The normalized spacial score (nSPS) is 30.9. The summed E-state index contributed by atoms with van der Waals surface area (Å²) in [7, 11) is 1.26. The molecule has 39 heavy (non-hydrogen) atoms. The highest BCUT2D eigenvalue weighted by Crippen LogP contribution is 2.65. The Morgan fingerprint density at radius 2 is 1.54 bits per heavy atom. The number of carbonyl (C=O) groups is 5. The Labute approximate surface area is 233 Å². The molecule has 3 rings (SSSR count). The van der Waals surface area contributed by atoms with Crippen molar-refractivity contribution >= 4 is 29.4 Å². The van der Waals surface area contributed by atoms with Crippen LogP contribution in [0.3, 0.4) is 0 Å². The molecule has 2 saturated heterocycles. The fourth-order valence-corrected chi connectivity index (χ4v) is 7.02. The number of hydrogen-bond donors (Lipinski definition) is 0. The molecule has 0 aromatic rings. The van der Waals surface area contributed by atoms with Gasteiger partial charge in [0.15, 0.2) is 17.7 Å². The number of esters is 2. The van der Waals surface area contributed by atoms with Crippen LogP contribution >= 0.6 is 0 Å². The van der Waals surface area contributed by atoms with Gasteiger partial charge in [-0.25, -0.2) is 0 Å². The van der Waals surface area contributed by atoms with Gasteiger partial charge in [0, 0.05) is 38.1 Å². The number of hydrogen-bond acceptors (Lipinski definition) is 7. The highest BCUT2D eigenvalue weighted by molar-refractivity contribution is 5.93. The van der Waals surface area contributed by atoms with E-state index in [4.69, 9.17) is 4.74 Å². The molecule has 0 spiro atoms. The Hall–Kier alpha value is -2.25. The summed E-state index contributed by atoms with van der Waals surface area (Å²) in [6.45, 7) is 8.18. The maximum absolute atomic E-state index is 14.0. The molecule has 0 radical (unpaired) electrons. The lowest BCUT2D eigenvalue weighted by molar-refractivity contribution is -0.158. The predicted molar refractivity (Wildman–Crippen MR) is 147 cm³/mol. The van der Waals surface area contributed by atoms with Crippen LogP contribution in [0.25, 0.3) is 0 Å². The molecule has 1 amide bonds. The zero-order chi connectivity index (χ0) is 28.7. The summed E-state index contributed by atoms with van der Waals surface area (Å²) in [6, 6.07) is -0.499. The molecule has 0 bridgehead atoms. The van der Waals surface area contributed by atoms with E-state index in [0.717, 1.165) is 51.4 Å². The lowest BCUT2D eigenvalue weighted by Crippen LogP contribution is -2.48. The molecular formula is C31H49NO7.